The molecule has 7 nitrogen and oxygen atoms in total. The first-order valence-corrected chi connectivity index (χ1v) is 12.7. The van der Waals surface area contributed by atoms with Gasteiger partial charge < -0.3 is 20.3 Å². The number of hydrogen-bond acceptors (Lipinski definition) is 5. The predicted molar refractivity (Wildman–Crippen MR) is 143 cm³/mol. The summed E-state index contributed by atoms with van der Waals surface area (Å²) in [6, 6.07) is 21.8. The van der Waals surface area contributed by atoms with Gasteiger partial charge in [0, 0.05) is 21.8 Å². The molecule has 3 aromatic rings. The summed E-state index contributed by atoms with van der Waals surface area (Å²) in [7, 11) is 0. The van der Waals surface area contributed by atoms with E-state index in [0.29, 0.717) is 27.5 Å². The van der Waals surface area contributed by atoms with Crippen LogP contribution in [0.2, 0.25) is 5.02 Å². The van der Waals surface area contributed by atoms with Crippen LogP contribution in [0.15, 0.2) is 72.8 Å². The highest BCUT2D eigenvalue weighted by molar-refractivity contribution is 7.80. The molecule has 3 heterocycles. The highest BCUT2D eigenvalue weighted by Gasteiger charge is 2.76. The number of halogens is 1. The number of benzene rings is 3. The molecule has 2 spiro atoms. The largest absolute Gasteiger partial charge is 0.466 e. The van der Waals surface area contributed by atoms with Crippen LogP contribution in [0.25, 0.3) is 0 Å². The zero-order chi connectivity index (χ0) is 25.9. The van der Waals surface area contributed by atoms with Gasteiger partial charge in [-0.15, -0.1) is 0 Å². The molecule has 3 atom stereocenters. The van der Waals surface area contributed by atoms with Crippen LogP contribution in [0, 0.1) is 5.92 Å². The topological polar surface area (TPSA) is 87.7 Å². The molecule has 37 heavy (non-hydrogen) atoms. The van der Waals surface area contributed by atoms with Crippen molar-refractivity contribution in [2.45, 2.75) is 24.4 Å². The SMILES string of the molecule is CCOC(=O)C1C2(NC(=S)C13C(=O)Nc1ccc(Cl)cc13)C(=O)N(Cc1ccccc1)c1ccccc12. The number of amides is 2. The predicted octanol–water partition coefficient (Wildman–Crippen LogP) is 4.08. The van der Waals surface area contributed by atoms with Crippen LogP contribution in [-0.4, -0.2) is 29.4 Å². The van der Waals surface area contributed by atoms with Crippen molar-refractivity contribution < 1.29 is 19.1 Å². The molecule has 3 aromatic carbocycles. The number of nitrogens with one attached hydrogen (secondary N) is 2. The van der Waals surface area contributed by atoms with Gasteiger partial charge in [-0.3, -0.25) is 14.4 Å². The third-order valence-electron chi connectivity index (χ3n) is 7.46. The van der Waals surface area contributed by atoms with Crippen molar-refractivity contribution >= 4 is 58.0 Å². The number of carbonyl (C=O) groups excluding carboxylic acids is 3. The number of esters is 1. The van der Waals surface area contributed by atoms with E-state index in [0.717, 1.165) is 5.56 Å². The molecule has 2 amide bonds. The van der Waals surface area contributed by atoms with Gasteiger partial charge in [-0.05, 0) is 36.8 Å². The molecule has 186 valence electrons. The number of anilines is 2. The molecule has 1 saturated heterocycles. The Bertz CT molecular complexity index is 1500. The van der Waals surface area contributed by atoms with Crippen molar-refractivity contribution in [3.8, 4) is 0 Å². The smallest absolute Gasteiger partial charge is 0.314 e. The van der Waals surface area contributed by atoms with Gasteiger partial charge in [-0.25, -0.2) is 0 Å². The molecule has 9 heteroatoms. The number of hydrogen-bond donors (Lipinski definition) is 2. The number of carbonyl (C=O) groups is 3. The summed E-state index contributed by atoms with van der Waals surface area (Å²) in [4.78, 5) is 43.9. The van der Waals surface area contributed by atoms with E-state index in [-0.39, 0.29) is 24.0 Å². The van der Waals surface area contributed by atoms with Crippen molar-refractivity contribution in [3.05, 3.63) is 94.5 Å². The standard InChI is InChI=1S/C28H22ClN3O4S/c1-2-36-23(33)22-27(19-14-17(29)12-13-20(19)30-24(27)34)25(37)31-28(22)18-10-6-7-11-21(18)32(26(28)35)15-16-8-4-3-5-9-16/h3-14,22H,2,15H2,1H3,(H,30,34)(H,31,37). The Kier molecular flexibility index (Phi) is 5.36. The van der Waals surface area contributed by atoms with Crippen LogP contribution in [0.3, 0.4) is 0 Å². The molecule has 0 aliphatic carbocycles. The summed E-state index contributed by atoms with van der Waals surface area (Å²) in [5.41, 5.74) is -0.252. The number of rotatable bonds is 4. The van der Waals surface area contributed by atoms with E-state index in [1.165, 1.54) is 0 Å². The number of para-hydroxylation sites is 1. The highest BCUT2D eigenvalue weighted by atomic mass is 35.5. The van der Waals surface area contributed by atoms with Crippen molar-refractivity contribution in [1.29, 1.82) is 0 Å². The van der Waals surface area contributed by atoms with Crippen molar-refractivity contribution in [1.82, 2.24) is 5.32 Å². The number of thiocarbonyl (C=S) groups is 1. The highest BCUT2D eigenvalue weighted by Crippen LogP contribution is 2.59. The van der Waals surface area contributed by atoms with Gasteiger partial charge >= 0.3 is 5.97 Å². The summed E-state index contributed by atoms with van der Waals surface area (Å²) in [5, 5.41) is 6.43. The second-order valence-electron chi connectivity index (χ2n) is 9.29. The molecular weight excluding hydrogens is 510 g/mol. The maximum absolute atomic E-state index is 14.5. The summed E-state index contributed by atoms with van der Waals surface area (Å²) in [6.07, 6.45) is 0. The Morgan fingerprint density at radius 3 is 2.54 bits per heavy atom. The van der Waals surface area contributed by atoms with Gasteiger partial charge in [-0.1, -0.05) is 72.3 Å². The molecule has 3 aliphatic heterocycles. The number of ether oxygens (including phenoxy) is 1. The third kappa shape index (κ3) is 3.06. The van der Waals surface area contributed by atoms with E-state index < -0.39 is 28.7 Å². The third-order valence-corrected chi connectivity index (χ3v) is 8.11. The van der Waals surface area contributed by atoms with E-state index in [4.69, 9.17) is 28.6 Å². The number of nitrogens with zero attached hydrogens (tertiary/aromatic N) is 1. The zero-order valence-corrected chi connectivity index (χ0v) is 21.4. The zero-order valence-electron chi connectivity index (χ0n) is 19.8. The van der Waals surface area contributed by atoms with Crippen LogP contribution >= 0.6 is 23.8 Å². The molecule has 0 bridgehead atoms. The van der Waals surface area contributed by atoms with Crippen LogP contribution < -0.4 is 15.5 Å². The Morgan fingerprint density at radius 1 is 1.05 bits per heavy atom. The molecular formula is C28H22ClN3O4S. The first-order valence-electron chi connectivity index (χ1n) is 11.9. The van der Waals surface area contributed by atoms with E-state index in [9.17, 15) is 14.4 Å². The van der Waals surface area contributed by atoms with Crippen molar-refractivity contribution in [2.75, 3.05) is 16.8 Å². The monoisotopic (exact) mass is 531 g/mol. The molecule has 3 aliphatic rings. The van der Waals surface area contributed by atoms with Crippen LogP contribution in [0.1, 0.15) is 23.6 Å². The average molecular weight is 532 g/mol. The van der Waals surface area contributed by atoms with Crippen molar-refractivity contribution in [2.24, 2.45) is 5.92 Å². The minimum Gasteiger partial charge on any atom is -0.466 e. The van der Waals surface area contributed by atoms with Gasteiger partial charge in [0.25, 0.3) is 5.91 Å². The lowest BCUT2D eigenvalue weighted by atomic mass is 9.65. The normalized spacial score (nSPS) is 25.3. The first-order chi connectivity index (χ1) is 17.9. The molecule has 6 rings (SSSR count). The van der Waals surface area contributed by atoms with Crippen molar-refractivity contribution in [3.63, 3.8) is 0 Å². The fourth-order valence-electron chi connectivity index (χ4n) is 5.99. The van der Waals surface area contributed by atoms with Gasteiger partial charge in [-0.2, -0.15) is 0 Å². The first kappa shape index (κ1) is 23.6. The number of fused-ring (bicyclic) bond motifs is 4. The average Bonchev–Trinajstić information content (AvgIpc) is 3.43. The summed E-state index contributed by atoms with van der Waals surface area (Å²) >= 11 is 12.2. The van der Waals surface area contributed by atoms with Crippen LogP contribution in [0.4, 0.5) is 11.4 Å². The van der Waals surface area contributed by atoms with E-state index in [1.807, 2.05) is 42.5 Å². The Hall–Kier alpha value is -3.75. The van der Waals surface area contributed by atoms with Crippen LogP contribution in [0.5, 0.6) is 0 Å². The summed E-state index contributed by atoms with van der Waals surface area (Å²) < 4.78 is 5.54. The van der Waals surface area contributed by atoms with Gasteiger partial charge in [0.05, 0.1) is 23.8 Å². The Balaban J connectivity index is 1.60. The Labute approximate surface area is 223 Å². The second kappa shape index (κ2) is 8.39. The van der Waals surface area contributed by atoms with E-state index in [1.54, 1.807) is 42.2 Å². The second-order valence-corrected chi connectivity index (χ2v) is 10.1. The van der Waals surface area contributed by atoms with Crippen LogP contribution in [-0.2, 0) is 36.6 Å². The lowest BCUT2D eigenvalue weighted by molar-refractivity contribution is -0.156. The quantitative estimate of drug-likeness (QED) is 0.389. The van der Waals surface area contributed by atoms with Gasteiger partial charge in [0.1, 0.15) is 11.3 Å². The minimum absolute atomic E-state index is 0.0713. The maximum Gasteiger partial charge on any atom is 0.314 e. The lowest BCUT2D eigenvalue weighted by Gasteiger charge is -2.33. The van der Waals surface area contributed by atoms with Gasteiger partial charge in [0.2, 0.25) is 5.91 Å². The lowest BCUT2D eigenvalue weighted by Crippen LogP contribution is -2.56. The maximum atomic E-state index is 14.5. The molecule has 0 radical (unpaired) electrons. The summed E-state index contributed by atoms with van der Waals surface area (Å²) in [6.45, 7) is 2.04. The van der Waals surface area contributed by atoms with E-state index >= 15 is 0 Å². The molecule has 1 fully saturated rings. The fraction of sp³-hybridized carbons (Fsp3) is 0.214. The van der Waals surface area contributed by atoms with E-state index in [2.05, 4.69) is 10.6 Å². The molecule has 0 aromatic heterocycles. The molecule has 2 N–H and O–H groups in total. The summed E-state index contributed by atoms with van der Waals surface area (Å²) in [5.74, 6) is -2.87. The van der Waals surface area contributed by atoms with Gasteiger partial charge in [0.15, 0.2) is 5.54 Å². The fourth-order valence-corrected chi connectivity index (χ4v) is 6.65. The Morgan fingerprint density at radius 2 is 1.78 bits per heavy atom. The minimum atomic E-state index is -1.67. The molecule has 0 saturated carbocycles. The molecule has 3 unspecified atom stereocenters.